The highest BCUT2D eigenvalue weighted by Crippen LogP contribution is 2.38. The second-order valence-electron chi connectivity index (χ2n) is 15.5. The highest BCUT2D eigenvalue weighted by molar-refractivity contribution is 6.34. The molecular formula is C40H50Cl2N6O5. The highest BCUT2D eigenvalue weighted by Gasteiger charge is 2.39. The SMILES string of the molecule is CCC(C)(C)c1ccc(OCCCC(=O)Nc2ccc(Cl)c(NC(=O)C(C(=O)C(C)(C)C)n3nnn(-c4ccc(Cl)cc4)c3=O)c2)c(C(C)(C)CC)c1. The maximum absolute atomic E-state index is 13.8. The van der Waals surface area contributed by atoms with E-state index in [1.807, 2.05) is 6.07 Å². The third-order valence-electron chi connectivity index (χ3n) is 9.73. The van der Waals surface area contributed by atoms with E-state index in [1.165, 1.54) is 17.7 Å². The number of aromatic nitrogens is 4. The monoisotopic (exact) mass is 764 g/mol. The first-order valence-electron chi connectivity index (χ1n) is 17.8. The van der Waals surface area contributed by atoms with Crippen molar-refractivity contribution in [2.75, 3.05) is 17.2 Å². The standard InChI is InChI=1S/C40H50Cl2N6O5/c1-10-39(6,7)25-14-21-32(29(23-25)40(8,9)11-2)53-22-12-13-33(49)43-27-17-20-30(42)31(24-27)44-36(51)34(35(50)38(3,4)5)48-37(52)47(45-46-48)28-18-15-26(41)16-19-28/h14-21,23-24,34H,10-13,22H2,1-9H3,(H,43,49)(H,44,51). The van der Waals surface area contributed by atoms with Crippen LogP contribution in [0, 0.1) is 5.41 Å². The number of ketones is 1. The van der Waals surface area contributed by atoms with Crippen molar-refractivity contribution in [1.29, 1.82) is 0 Å². The molecule has 2 N–H and O–H groups in total. The number of ether oxygens (including phenoxy) is 1. The Balaban J connectivity index is 1.45. The van der Waals surface area contributed by atoms with E-state index in [2.05, 4.69) is 74.7 Å². The van der Waals surface area contributed by atoms with Crippen LogP contribution in [0.4, 0.5) is 11.4 Å². The fourth-order valence-electron chi connectivity index (χ4n) is 5.45. The van der Waals surface area contributed by atoms with E-state index in [1.54, 1.807) is 51.1 Å². The summed E-state index contributed by atoms with van der Waals surface area (Å²) in [5.74, 6) is -0.860. The zero-order chi connectivity index (χ0) is 39.3. The Bertz CT molecular complexity index is 2010. The lowest BCUT2D eigenvalue weighted by molar-refractivity contribution is -0.136. The Morgan fingerprint density at radius 2 is 1.49 bits per heavy atom. The third kappa shape index (κ3) is 9.94. The Labute approximate surface area is 321 Å². The first-order valence-corrected chi connectivity index (χ1v) is 18.6. The van der Waals surface area contributed by atoms with E-state index in [4.69, 9.17) is 27.9 Å². The van der Waals surface area contributed by atoms with E-state index in [-0.39, 0.29) is 33.9 Å². The number of anilines is 2. The number of carbonyl (C=O) groups excluding carboxylic acids is 3. The maximum atomic E-state index is 13.8. The van der Waals surface area contributed by atoms with Gasteiger partial charge in [-0.3, -0.25) is 14.4 Å². The Hall–Kier alpha value is -4.48. The first kappa shape index (κ1) is 41.3. The van der Waals surface area contributed by atoms with Crippen LogP contribution in [0.2, 0.25) is 10.0 Å². The number of Topliss-reactive ketones (excluding diaryl/α,β-unsaturated/α-hetero) is 1. The van der Waals surface area contributed by atoms with Gasteiger partial charge in [0.15, 0.2) is 11.8 Å². The van der Waals surface area contributed by atoms with Gasteiger partial charge in [-0.1, -0.05) is 97.6 Å². The van der Waals surface area contributed by atoms with Crippen LogP contribution in [0.5, 0.6) is 5.75 Å². The number of nitrogens with one attached hydrogen (secondary N) is 2. The lowest BCUT2D eigenvalue weighted by Crippen LogP contribution is -2.43. The first-order chi connectivity index (χ1) is 24.8. The number of amides is 2. The van der Waals surface area contributed by atoms with Gasteiger partial charge in [0.1, 0.15) is 5.75 Å². The molecule has 13 heteroatoms. The van der Waals surface area contributed by atoms with E-state index in [0.717, 1.165) is 33.5 Å². The molecule has 0 spiro atoms. The Kier molecular flexibility index (Phi) is 13.0. The van der Waals surface area contributed by atoms with Crippen molar-refractivity contribution in [1.82, 2.24) is 19.8 Å². The molecule has 11 nitrogen and oxygen atoms in total. The fraction of sp³-hybridized carbons (Fsp3) is 0.450. The van der Waals surface area contributed by atoms with Crippen LogP contribution in [0.3, 0.4) is 0 Å². The van der Waals surface area contributed by atoms with Crippen molar-refractivity contribution in [2.45, 2.75) is 105 Å². The topological polar surface area (TPSA) is 137 Å². The Morgan fingerprint density at radius 1 is 0.830 bits per heavy atom. The minimum Gasteiger partial charge on any atom is -0.493 e. The molecule has 1 heterocycles. The summed E-state index contributed by atoms with van der Waals surface area (Å²) in [5, 5.41) is 13.9. The molecule has 0 saturated carbocycles. The molecule has 0 aliphatic carbocycles. The largest absolute Gasteiger partial charge is 0.493 e. The molecule has 1 atom stereocenters. The normalized spacial score (nSPS) is 12.7. The van der Waals surface area contributed by atoms with Crippen molar-refractivity contribution in [3.05, 3.63) is 92.3 Å². The zero-order valence-corrected chi connectivity index (χ0v) is 33.5. The molecule has 4 aromatic rings. The van der Waals surface area contributed by atoms with Gasteiger partial charge < -0.3 is 15.4 Å². The maximum Gasteiger partial charge on any atom is 0.369 e. The molecule has 0 bridgehead atoms. The van der Waals surface area contributed by atoms with Crippen LogP contribution in [0.25, 0.3) is 5.69 Å². The summed E-state index contributed by atoms with van der Waals surface area (Å²) >= 11 is 12.4. The molecule has 4 rings (SSSR count). The van der Waals surface area contributed by atoms with Crippen LogP contribution < -0.4 is 21.1 Å². The van der Waals surface area contributed by atoms with Crippen molar-refractivity contribution in [2.24, 2.45) is 5.41 Å². The van der Waals surface area contributed by atoms with Crippen molar-refractivity contribution in [3.63, 3.8) is 0 Å². The molecular weight excluding hydrogens is 715 g/mol. The van der Waals surface area contributed by atoms with E-state index < -0.39 is 28.8 Å². The molecule has 0 saturated heterocycles. The van der Waals surface area contributed by atoms with E-state index in [0.29, 0.717) is 29.4 Å². The van der Waals surface area contributed by atoms with Crippen LogP contribution in [-0.4, -0.2) is 44.0 Å². The molecule has 1 unspecified atom stereocenters. The number of nitrogens with zero attached hydrogens (tertiary/aromatic N) is 4. The van der Waals surface area contributed by atoms with Crippen LogP contribution in [0.15, 0.2) is 65.5 Å². The lowest BCUT2D eigenvalue weighted by Gasteiger charge is -2.30. The summed E-state index contributed by atoms with van der Waals surface area (Å²) in [7, 11) is 0. The van der Waals surface area contributed by atoms with Crippen LogP contribution >= 0.6 is 23.2 Å². The van der Waals surface area contributed by atoms with Gasteiger partial charge in [0.2, 0.25) is 5.91 Å². The molecule has 3 aromatic carbocycles. The minimum absolute atomic E-state index is 0.0461. The van der Waals surface area contributed by atoms with Gasteiger partial charge in [-0.05, 0) is 94.6 Å². The minimum atomic E-state index is -1.67. The molecule has 0 fully saturated rings. The number of hydrogen-bond acceptors (Lipinski definition) is 7. The number of carbonyl (C=O) groups is 3. The average molecular weight is 766 g/mol. The van der Waals surface area contributed by atoms with Crippen molar-refractivity contribution >= 4 is 52.2 Å². The van der Waals surface area contributed by atoms with E-state index >= 15 is 0 Å². The van der Waals surface area contributed by atoms with Crippen LogP contribution in [0.1, 0.15) is 105 Å². The summed E-state index contributed by atoms with van der Waals surface area (Å²) in [5.41, 5.74) is 1.41. The predicted octanol–water partition coefficient (Wildman–Crippen LogP) is 8.70. The van der Waals surface area contributed by atoms with Gasteiger partial charge in [-0.15, -0.1) is 0 Å². The number of halogens is 2. The van der Waals surface area contributed by atoms with Gasteiger partial charge in [-0.25, -0.2) is 4.79 Å². The third-order valence-corrected chi connectivity index (χ3v) is 10.3. The lowest BCUT2D eigenvalue weighted by atomic mass is 9.76. The number of benzene rings is 3. The molecule has 1 aromatic heterocycles. The quantitative estimate of drug-likeness (QED) is 0.0913. The smallest absolute Gasteiger partial charge is 0.369 e. The predicted molar refractivity (Wildman–Crippen MR) is 211 cm³/mol. The average Bonchev–Trinajstić information content (AvgIpc) is 3.48. The zero-order valence-electron chi connectivity index (χ0n) is 32.0. The van der Waals surface area contributed by atoms with Crippen molar-refractivity contribution in [3.8, 4) is 11.4 Å². The van der Waals surface area contributed by atoms with E-state index in [9.17, 15) is 19.2 Å². The summed E-state index contributed by atoms with van der Waals surface area (Å²) < 4.78 is 7.94. The van der Waals surface area contributed by atoms with Gasteiger partial charge in [0.25, 0.3) is 5.91 Å². The highest BCUT2D eigenvalue weighted by atomic mass is 35.5. The number of hydrogen-bond donors (Lipinski definition) is 2. The second-order valence-corrected chi connectivity index (χ2v) is 16.3. The number of tetrazole rings is 1. The van der Waals surface area contributed by atoms with Gasteiger partial charge in [0.05, 0.1) is 23.0 Å². The molecule has 0 aliphatic rings. The van der Waals surface area contributed by atoms with Crippen molar-refractivity contribution < 1.29 is 19.1 Å². The van der Waals surface area contributed by atoms with Gasteiger partial charge in [0, 0.05) is 28.1 Å². The summed E-state index contributed by atoms with van der Waals surface area (Å²) in [4.78, 5) is 53.7. The summed E-state index contributed by atoms with van der Waals surface area (Å²) in [6.45, 7) is 18.5. The molecule has 2 amide bonds. The molecule has 53 heavy (non-hydrogen) atoms. The fourth-order valence-corrected chi connectivity index (χ4v) is 5.74. The summed E-state index contributed by atoms with van der Waals surface area (Å²) in [6.07, 6.45) is 2.62. The Morgan fingerprint density at radius 3 is 2.11 bits per heavy atom. The summed E-state index contributed by atoms with van der Waals surface area (Å²) in [6, 6.07) is 15.6. The molecule has 0 radical (unpaired) electrons. The van der Waals surface area contributed by atoms with Gasteiger partial charge >= 0.3 is 5.69 Å². The molecule has 284 valence electrons. The molecule has 0 aliphatic heterocycles. The number of rotatable bonds is 15. The van der Waals surface area contributed by atoms with Crippen LogP contribution in [-0.2, 0) is 25.2 Å². The second kappa shape index (κ2) is 16.7. The van der Waals surface area contributed by atoms with Gasteiger partial charge in [-0.2, -0.15) is 9.36 Å².